The van der Waals surface area contributed by atoms with E-state index in [4.69, 9.17) is 70.6 Å². The largest absolute Gasteiger partial charge is 5.00 e. The Morgan fingerprint density at radius 1 is 0.529 bits per heavy atom. The zero-order valence-corrected chi connectivity index (χ0v) is 10.2. The first-order valence-corrected chi connectivity index (χ1v) is 3.43. The molecule has 17 heavy (non-hydrogen) atoms. The normalized spacial score (nSPS) is 3.76. The van der Waals surface area contributed by atoms with E-state index in [0.717, 1.165) is 25.9 Å². The molecule has 0 amide bonds. The van der Waals surface area contributed by atoms with Crippen molar-refractivity contribution in [2.45, 2.75) is 12.8 Å². The van der Waals surface area contributed by atoms with Gasteiger partial charge in [-0.2, -0.15) is 0 Å². The molecule has 0 aromatic heterocycles. The minimum Gasteiger partial charge on any atom is -0.512 e. The second-order valence-electron chi connectivity index (χ2n) is 1.28. The van der Waals surface area contributed by atoms with Gasteiger partial charge in [-0.25, -0.2) is 0 Å². The summed E-state index contributed by atoms with van der Waals surface area (Å²) in [6, 6.07) is 0. The fraction of sp³-hybridized carbons (Fsp3) is 0.444. The summed E-state index contributed by atoms with van der Waals surface area (Å²) >= 11 is 0. The summed E-state index contributed by atoms with van der Waals surface area (Å²) in [5.41, 5.74) is 10.3. The first-order chi connectivity index (χ1) is 7.91. The minimum absolute atomic E-state index is 0. The topological polar surface area (TPSA) is 171 Å². The Labute approximate surface area is 114 Å². The van der Waals surface area contributed by atoms with E-state index >= 15 is 0 Å². The van der Waals surface area contributed by atoms with Crippen LogP contribution in [0.25, 0.3) is 0 Å². The van der Waals surface area contributed by atoms with Crippen LogP contribution in [0, 0.1) is 59.2 Å². The van der Waals surface area contributed by atoms with Gasteiger partial charge in [0.2, 0.25) is 0 Å². The molecule has 0 saturated heterocycles. The summed E-state index contributed by atoms with van der Waals surface area (Å²) in [5, 5.41) is 31.2. The van der Waals surface area contributed by atoms with Gasteiger partial charge in [0.25, 0.3) is 0 Å². The Morgan fingerprint density at radius 2 is 0.647 bits per heavy atom. The van der Waals surface area contributed by atoms with Crippen molar-refractivity contribution in [3.05, 3.63) is 32.9 Å². The van der Waals surface area contributed by atoms with Crippen LogP contribution in [0.1, 0.15) is 12.8 Å². The first kappa shape index (κ1) is 46.1. The molecule has 0 bridgehead atoms. The molecule has 0 unspecified atom stereocenters. The van der Waals surface area contributed by atoms with Gasteiger partial charge >= 0.3 is 17.1 Å². The van der Waals surface area contributed by atoms with E-state index in [9.17, 15) is 0 Å². The van der Waals surface area contributed by atoms with Gasteiger partial charge in [0, 0.05) is 0 Å². The van der Waals surface area contributed by atoms with Crippen LogP contribution >= 0.6 is 0 Å². The second kappa shape index (κ2) is 646. The standard InChI is InChI=1S/C4H12N2.5CN.Fe/c5-3-1-2-4-6;5*1-2;/h1-6H2;;;;;;/q;5*-1;+5. The maximum Gasteiger partial charge on any atom is 5.00 e. The summed E-state index contributed by atoms with van der Waals surface area (Å²) in [6.45, 7) is 25.3. The summed E-state index contributed by atoms with van der Waals surface area (Å²) in [7, 11) is 0. The van der Waals surface area contributed by atoms with Gasteiger partial charge in [-0.05, 0) is 25.9 Å². The molecule has 91 valence electrons. The maximum atomic E-state index is 6.25. The van der Waals surface area contributed by atoms with Crippen LogP contribution in [0.2, 0.25) is 0 Å². The zero-order chi connectivity index (χ0) is 14.8. The van der Waals surface area contributed by atoms with Crippen LogP contribution in [0.3, 0.4) is 0 Å². The average molecular weight is 274 g/mol. The summed E-state index contributed by atoms with van der Waals surface area (Å²) in [4.78, 5) is 0. The molecule has 0 aliphatic rings. The van der Waals surface area contributed by atoms with Crippen LogP contribution in [-0.4, -0.2) is 13.1 Å². The molecular formula is C9H12FeN7. The van der Waals surface area contributed by atoms with Crippen molar-refractivity contribution < 1.29 is 17.1 Å². The molecule has 1 radical (unpaired) electrons. The van der Waals surface area contributed by atoms with Crippen molar-refractivity contribution in [1.82, 2.24) is 0 Å². The molecular weight excluding hydrogens is 262 g/mol. The van der Waals surface area contributed by atoms with Crippen LogP contribution in [0.4, 0.5) is 0 Å². The van der Waals surface area contributed by atoms with Crippen molar-refractivity contribution in [3.8, 4) is 0 Å². The predicted molar refractivity (Wildman–Crippen MR) is 52.2 cm³/mol. The van der Waals surface area contributed by atoms with Crippen molar-refractivity contribution in [2.24, 2.45) is 11.5 Å². The van der Waals surface area contributed by atoms with E-state index < -0.39 is 0 Å². The number of unbranched alkanes of at least 4 members (excludes halogenated alkanes) is 1. The van der Waals surface area contributed by atoms with Crippen molar-refractivity contribution in [2.75, 3.05) is 13.1 Å². The van der Waals surface area contributed by atoms with Gasteiger partial charge in [0.15, 0.2) is 0 Å². The molecule has 0 fully saturated rings. The van der Waals surface area contributed by atoms with Gasteiger partial charge in [-0.15, -0.1) is 0 Å². The summed E-state index contributed by atoms with van der Waals surface area (Å²) in [6.07, 6.45) is 2.13. The molecule has 0 saturated carbocycles. The molecule has 0 aromatic rings. The fourth-order valence-electron chi connectivity index (χ4n) is 0.289. The maximum absolute atomic E-state index is 6.25. The zero-order valence-electron chi connectivity index (χ0n) is 9.07. The third-order valence-electron chi connectivity index (χ3n) is 0.658. The van der Waals surface area contributed by atoms with Crippen LogP contribution < -0.4 is 11.5 Å². The van der Waals surface area contributed by atoms with Crippen LogP contribution in [0.5, 0.6) is 0 Å². The molecule has 8 heteroatoms. The Hall–Kier alpha value is -2.11. The first-order valence-electron chi connectivity index (χ1n) is 3.43. The van der Waals surface area contributed by atoms with Crippen molar-refractivity contribution >= 4 is 0 Å². The summed E-state index contributed by atoms with van der Waals surface area (Å²) < 4.78 is 0. The second-order valence-corrected chi connectivity index (χ2v) is 1.28. The number of rotatable bonds is 3. The van der Waals surface area contributed by atoms with Gasteiger partial charge < -0.3 is 70.6 Å². The predicted octanol–water partition coefficient (Wildman–Crippen LogP) is 0.163. The number of hydrogen-bond acceptors (Lipinski definition) is 7. The molecule has 0 aromatic carbocycles. The van der Waals surface area contributed by atoms with E-state index in [0.29, 0.717) is 0 Å². The van der Waals surface area contributed by atoms with Gasteiger partial charge in [0.1, 0.15) is 0 Å². The molecule has 0 heterocycles. The molecule has 4 N–H and O–H groups in total. The Bertz CT molecular complexity index is 120. The molecule has 7 nitrogen and oxygen atoms in total. The number of hydrogen-bond donors (Lipinski definition) is 2. The van der Waals surface area contributed by atoms with E-state index in [1.807, 2.05) is 0 Å². The van der Waals surface area contributed by atoms with E-state index in [1.54, 1.807) is 0 Å². The van der Waals surface area contributed by atoms with Crippen molar-refractivity contribution in [3.63, 3.8) is 0 Å². The third-order valence-corrected chi connectivity index (χ3v) is 0.658. The SMILES string of the molecule is NCCCCN.[C-]#N.[C-]#N.[C-]#N.[C-]#N.[C-]#N.[Fe+5]. The molecule has 0 aliphatic heterocycles. The molecule has 0 rings (SSSR count). The Morgan fingerprint density at radius 3 is 0.706 bits per heavy atom. The number of nitrogens with two attached hydrogens (primary N) is 2. The van der Waals surface area contributed by atoms with Gasteiger partial charge in [-0.3, -0.25) is 0 Å². The van der Waals surface area contributed by atoms with Gasteiger partial charge in [0.05, 0.1) is 0 Å². The Balaban J connectivity index is -0.0000000158. The monoisotopic (exact) mass is 274 g/mol. The quantitative estimate of drug-likeness (QED) is 0.419. The molecule has 0 aliphatic carbocycles. The van der Waals surface area contributed by atoms with E-state index in [1.165, 1.54) is 0 Å². The molecule has 0 atom stereocenters. The van der Waals surface area contributed by atoms with Gasteiger partial charge in [-0.1, -0.05) is 0 Å². The smallest absolute Gasteiger partial charge is 0.512 e. The van der Waals surface area contributed by atoms with E-state index in [2.05, 4.69) is 0 Å². The number of nitrogens with zero attached hydrogens (tertiary/aromatic N) is 5. The van der Waals surface area contributed by atoms with Crippen molar-refractivity contribution in [1.29, 1.82) is 26.3 Å². The van der Waals surface area contributed by atoms with E-state index in [-0.39, 0.29) is 17.1 Å². The molecule has 0 spiro atoms. The minimum atomic E-state index is 0. The summed E-state index contributed by atoms with van der Waals surface area (Å²) in [5.74, 6) is 0. The van der Waals surface area contributed by atoms with Crippen LogP contribution in [0.15, 0.2) is 0 Å². The third kappa shape index (κ3) is 2480. The fourth-order valence-corrected chi connectivity index (χ4v) is 0.289. The average Bonchev–Trinajstić information content (AvgIpc) is 2.47. The van der Waals surface area contributed by atoms with Crippen LogP contribution in [-0.2, 0) is 17.1 Å². The Kier molecular flexibility index (Phi) is 1750.